The first-order valence-corrected chi connectivity index (χ1v) is 8.33. The molecule has 0 aliphatic carbocycles. The van der Waals surface area contributed by atoms with Crippen molar-refractivity contribution in [3.8, 4) is 11.5 Å². The molecule has 5 heteroatoms. The van der Waals surface area contributed by atoms with Crippen molar-refractivity contribution in [3.63, 3.8) is 0 Å². The zero-order valence-corrected chi connectivity index (χ0v) is 14.2. The average molecular weight is 347 g/mol. The van der Waals surface area contributed by atoms with Gasteiger partial charge in [0.1, 0.15) is 0 Å². The topological polar surface area (TPSA) is 64.6 Å². The molecule has 3 aromatic carbocycles. The lowest BCUT2D eigenvalue weighted by Crippen LogP contribution is -2.16. The Morgan fingerprint density at radius 3 is 2.54 bits per heavy atom. The molecule has 1 aliphatic rings. The fourth-order valence-electron chi connectivity index (χ4n) is 3.15. The van der Waals surface area contributed by atoms with Gasteiger partial charge in [-0.15, -0.1) is 0 Å². The second-order valence-electron chi connectivity index (χ2n) is 6.17. The highest BCUT2D eigenvalue weighted by Crippen LogP contribution is 2.37. The highest BCUT2D eigenvalue weighted by Gasteiger charge is 2.20. The van der Waals surface area contributed by atoms with Gasteiger partial charge < -0.3 is 14.8 Å². The van der Waals surface area contributed by atoms with Crippen molar-refractivity contribution in [1.29, 1.82) is 0 Å². The Morgan fingerprint density at radius 1 is 1.00 bits per heavy atom. The van der Waals surface area contributed by atoms with Gasteiger partial charge in [-0.2, -0.15) is 0 Å². The summed E-state index contributed by atoms with van der Waals surface area (Å²) in [6, 6.07) is 17.1. The van der Waals surface area contributed by atoms with E-state index in [1.807, 2.05) is 42.5 Å². The number of carbonyl (C=O) groups is 2. The van der Waals surface area contributed by atoms with Crippen LogP contribution in [0.1, 0.15) is 22.8 Å². The lowest BCUT2D eigenvalue weighted by Gasteiger charge is -2.11. The van der Waals surface area contributed by atoms with Gasteiger partial charge in [-0.1, -0.05) is 42.5 Å². The van der Waals surface area contributed by atoms with E-state index in [0.29, 0.717) is 22.7 Å². The number of nitrogens with one attached hydrogen (secondary N) is 1. The van der Waals surface area contributed by atoms with E-state index in [-0.39, 0.29) is 24.9 Å². The quantitative estimate of drug-likeness (QED) is 0.726. The highest BCUT2D eigenvalue weighted by molar-refractivity contribution is 6.05. The minimum Gasteiger partial charge on any atom is -0.454 e. The summed E-state index contributed by atoms with van der Waals surface area (Å²) in [6.07, 6.45) is 0.215. The molecule has 1 heterocycles. The molecule has 5 nitrogen and oxygen atoms in total. The van der Waals surface area contributed by atoms with Crippen LogP contribution in [0.25, 0.3) is 10.8 Å². The number of amides is 1. The lowest BCUT2D eigenvalue weighted by atomic mass is 10.0. The Morgan fingerprint density at radius 2 is 1.73 bits per heavy atom. The number of carbonyl (C=O) groups excluding carboxylic acids is 2. The van der Waals surface area contributed by atoms with E-state index in [1.54, 1.807) is 12.1 Å². The van der Waals surface area contributed by atoms with Crippen LogP contribution in [-0.4, -0.2) is 18.5 Å². The summed E-state index contributed by atoms with van der Waals surface area (Å²) >= 11 is 0. The first-order chi connectivity index (χ1) is 12.6. The summed E-state index contributed by atoms with van der Waals surface area (Å²) in [5.74, 6) is 0.698. The molecule has 0 aromatic heterocycles. The van der Waals surface area contributed by atoms with Crippen LogP contribution in [0.4, 0.5) is 5.69 Å². The van der Waals surface area contributed by atoms with Crippen molar-refractivity contribution in [2.45, 2.75) is 13.3 Å². The number of rotatable bonds is 4. The summed E-state index contributed by atoms with van der Waals surface area (Å²) < 4.78 is 10.7. The van der Waals surface area contributed by atoms with Crippen LogP contribution in [0.5, 0.6) is 11.5 Å². The van der Waals surface area contributed by atoms with Crippen LogP contribution >= 0.6 is 0 Å². The molecule has 1 aliphatic heterocycles. The van der Waals surface area contributed by atoms with E-state index in [4.69, 9.17) is 9.47 Å². The second kappa shape index (κ2) is 6.52. The number of benzene rings is 3. The molecule has 26 heavy (non-hydrogen) atoms. The lowest BCUT2D eigenvalue weighted by molar-refractivity contribution is -0.115. The van der Waals surface area contributed by atoms with Gasteiger partial charge in [-0.3, -0.25) is 9.59 Å². The Kier molecular flexibility index (Phi) is 4.05. The molecule has 1 amide bonds. The molecule has 0 bridgehead atoms. The molecule has 3 aromatic rings. The molecule has 0 unspecified atom stereocenters. The number of fused-ring (bicyclic) bond motifs is 2. The van der Waals surface area contributed by atoms with Gasteiger partial charge in [0, 0.05) is 11.6 Å². The Balaban J connectivity index is 1.61. The fourth-order valence-corrected chi connectivity index (χ4v) is 3.15. The molecule has 0 saturated carbocycles. The van der Waals surface area contributed by atoms with Crippen LogP contribution in [0, 0.1) is 0 Å². The van der Waals surface area contributed by atoms with Crippen LogP contribution < -0.4 is 14.8 Å². The van der Waals surface area contributed by atoms with Crippen molar-refractivity contribution < 1.29 is 19.1 Å². The minimum absolute atomic E-state index is 0.111. The summed E-state index contributed by atoms with van der Waals surface area (Å²) in [5.41, 5.74) is 1.78. The third kappa shape index (κ3) is 2.99. The van der Waals surface area contributed by atoms with Crippen LogP contribution in [0.15, 0.2) is 54.6 Å². The summed E-state index contributed by atoms with van der Waals surface area (Å²) in [7, 11) is 0. The van der Waals surface area contributed by atoms with Crippen molar-refractivity contribution >= 4 is 28.2 Å². The zero-order valence-electron chi connectivity index (χ0n) is 14.2. The Bertz CT molecular complexity index is 1020. The van der Waals surface area contributed by atoms with E-state index in [1.165, 1.54) is 6.92 Å². The van der Waals surface area contributed by atoms with E-state index in [0.717, 1.165) is 16.3 Å². The maximum absolute atomic E-state index is 12.6. The van der Waals surface area contributed by atoms with Gasteiger partial charge in [0.05, 0.1) is 12.1 Å². The van der Waals surface area contributed by atoms with Crippen LogP contribution in [-0.2, 0) is 11.2 Å². The van der Waals surface area contributed by atoms with Crippen LogP contribution in [0.3, 0.4) is 0 Å². The van der Waals surface area contributed by atoms with Gasteiger partial charge in [-0.25, -0.2) is 0 Å². The third-order valence-corrected chi connectivity index (χ3v) is 4.40. The Hall–Kier alpha value is -3.34. The summed E-state index contributed by atoms with van der Waals surface area (Å²) in [4.78, 5) is 24.5. The molecule has 0 atom stereocenters. The van der Waals surface area contributed by atoms with Crippen molar-refractivity contribution in [2.24, 2.45) is 0 Å². The number of ketones is 1. The van der Waals surface area contributed by atoms with Gasteiger partial charge in [0.2, 0.25) is 12.7 Å². The van der Waals surface area contributed by atoms with Crippen molar-refractivity contribution in [2.75, 3.05) is 12.1 Å². The smallest absolute Gasteiger partial charge is 0.231 e. The SMILES string of the molecule is CC(=O)c1cc2c(cc1NC(=O)Cc1cccc3ccccc13)OCO2. The molecular weight excluding hydrogens is 330 g/mol. The van der Waals surface area contributed by atoms with E-state index >= 15 is 0 Å². The first-order valence-electron chi connectivity index (χ1n) is 8.33. The number of hydrogen-bond donors (Lipinski definition) is 1. The molecule has 0 saturated heterocycles. The predicted molar refractivity (Wildman–Crippen MR) is 98.9 cm³/mol. The molecule has 130 valence electrons. The molecule has 0 radical (unpaired) electrons. The summed E-state index contributed by atoms with van der Waals surface area (Å²) in [5, 5.41) is 4.97. The molecule has 0 fully saturated rings. The van der Waals surface area contributed by atoms with Gasteiger partial charge in [-0.05, 0) is 29.3 Å². The molecule has 4 rings (SSSR count). The number of ether oxygens (including phenoxy) is 2. The van der Waals surface area contributed by atoms with Crippen molar-refractivity contribution in [1.82, 2.24) is 0 Å². The molecule has 0 spiro atoms. The van der Waals surface area contributed by atoms with E-state index in [2.05, 4.69) is 5.32 Å². The summed E-state index contributed by atoms with van der Waals surface area (Å²) in [6.45, 7) is 1.57. The first kappa shape index (κ1) is 16.1. The average Bonchev–Trinajstić information content (AvgIpc) is 3.08. The van der Waals surface area contributed by atoms with Gasteiger partial charge in [0.25, 0.3) is 0 Å². The number of anilines is 1. The zero-order chi connectivity index (χ0) is 18.1. The third-order valence-electron chi connectivity index (χ3n) is 4.40. The molecular formula is C21H17NO4. The largest absolute Gasteiger partial charge is 0.454 e. The van der Waals surface area contributed by atoms with Crippen LogP contribution in [0.2, 0.25) is 0 Å². The maximum atomic E-state index is 12.6. The highest BCUT2D eigenvalue weighted by atomic mass is 16.7. The minimum atomic E-state index is -0.192. The maximum Gasteiger partial charge on any atom is 0.231 e. The second-order valence-corrected chi connectivity index (χ2v) is 6.17. The van der Waals surface area contributed by atoms with Gasteiger partial charge in [0.15, 0.2) is 17.3 Å². The number of Topliss-reactive ketones (excluding diaryl/α,β-unsaturated/α-hetero) is 1. The van der Waals surface area contributed by atoms with Gasteiger partial charge >= 0.3 is 0 Å². The van der Waals surface area contributed by atoms with E-state index in [9.17, 15) is 9.59 Å². The monoisotopic (exact) mass is 347 g/mol. The molecule has 1 N–H and O–H groups in total. The Labute approximate surface area is 150 Å². The predicted octanol–water partition coefficient (Wildman–Crippen LogP) is 3.95. The number of hydrogen-bond acceptors (Lipinski definition) is 4. The fraction of sp³-hybridized carbons (Fsp3) is 0.143. The van der Waals surface area contributed by atoms with E-state index < -0.39 is 0 Å². The standard InChI is InChI=1S/C21H17NO4/c1-13(23)17-10-19-20(26-12-25-19)11-18(17)22-21(24)9-15-7-4-6-14-5-2-3-8-16(14)15/h2-8,10-11H,9,12H2,1H3,(H,22,24). The van der Waals surface area contributed by atoms with Crippen molar-refractivity contribution in [3.05, 3.63) is 65.7 Å². The normalized spacial score (nSPS) is 12.2.